The molecule has 234 valence electrons. The number of carbonyl (C=O) groups excluding carboxylic acids is 6. The van der Waals surface area contributed by atoms with Gasteiger partial charge in [0.05, 0.1) is 38.8 Å². The minimum Gasteiger partial charge on any atom is -0.211 e. The Hall–Kier alpha value is -4.50. The van der Waals surface area contributed by atoms with E-state index < -0.39 is 0 Å². The van der Waals surface area contributed by atoms with E-state index in [-0.39, 0.29) is 16.9 Å². The van der Waals surface area contributed by atoms with Crippen LogP contribution in [0.15, 0.2) is 54.2 Å². The van der Waals surface area contributed by atoms with Crippen molar-refractivity contribution in [2.75, 3.05) is 19.6 Å². The lowest BCUT2D eigenvalue weighted by Crippen LogP contribution is -2.39. The summed E-state index contributed by atoms with van der Waals surface area (Å²) in [5.74, 6) is 0.939. The van der Waals surface area contributed by atoms with Crippen LogP contribution in [-0.4, -0.2) is 62.2 Å². The first-order chi connectivity index (χ1) is 21.1. The van der Waals surface area contributed by atoms with Crippen molar-refractivity contribution in [3.63, 3.8) is 0 Å². The Kier molecular flexibility index (Phi) is 18.1. The summed E-state index contributed by atoms with van der Waals surface area (Å²) in [6.45, 7) is 8.62. The number of hydrogen-bond acceptors (Lipinski definition) is 12. The fraction of sp³-hybridized carbons (Fsp3) is 0.625. The maximum Gasteiger partial charge on any atom is 0.235 e. The predicted octanol–water partition coefficient (Wildman–Crippen LogP) is 5.07. The van der Waals surface area contributed by atoms with E-state index in [9.17, 15) is 28.8 Å². The molecule has 0 bridgehead atoms. The van der Waals surface area contributed by atoms with Gasteiger partial charge >= 0.3 is 0 Å². The fourth-order valence-corrected chi connectivity index (χ4v) is 6.23. The Bertz CT molecular complexity index is 1280. The van der Waals surface area contributed by atoms with E-state index in [2.05, 4.69) is 50.7 Å². The smallest absolute Gasteiger partial charge is 0.211 e. The minimum atomic E-state index is -0.0653. The predicted molar refractivity (Wildman–Crippen MR) is 162 cm³/mol. The van der Waals surface area contributed by atoms with Crippen LogP contribution in [0, 0.1) is 22.7 Å². The second kappa shape index (κ2) is 21.2. The molecule has 1 aromatic carbocycles. The van der Waals surface area contributed by atoms with Crippen molar-refractivity contribution in [1.82, 2.24) is 0 Å². The van der Waals surface area contributed by atoms with E-state index in [0.29, 0.717) is 44.6 Å². The highest BCUT2D eigenvalue weighted by molar-refractivity contribution is 5.36. The van der Waals surface area contributed by atoms with Crippen LogP contribution in [0.25, 0.3) is 0 Å². The Morgan fingerprint density at radius 2 is 1.23 bits per heavy atom. The fourth-order valence-electron chi connectivity index (χ4n) is 6.23. The standard InChI is InChI=1S/C12H18N2O2.C10H14N2O2.C10H8N2O2/c1-11(2)4-10(14-9-16)5-12(3,6-11)7-13-8-15;2*13-7-11-5-9-2-1-3-10(4-9)6-12-8-14/h10H,4-7H2,1-3H3;9-10H,1-6H2;1-4H,5-6H2. The first-order valence-electron chi connectivity index (χ1n) is 14.5. The molecule has 2 fully saturated rings. The zero-order valence-corrected chi connectivity index (χ0v) is 25.7. The average Bonchev–Trinajstić information content (AvgIpc) is 3.00. The summed E-state index contributed by atoms with van der Waals surface area (Å²) in [6.07, 6.45) is 16.3. The number of isocyanates is 6. The van der Waals surface area contributed by atoms with Crippen molar-refractivity contribution in [2.45, 2.75) is 84.8 Å². The summed E-state index contributed by atoms with van der Waals surface area (Å²) in [5.41, 5.74) is 1.85. The summed E-state index contributed by atoms with van der Waals surface area (Å²) >= 11 is 0. The van der Waals surface area contributed by atoms with Crippen LogP contribution in [-0.2, 0) is 41.9 Å². The molecule has 2 saturated carbocycles. The SMILES string of the molecule is CC1(C)CC(N=C=O)CC(C)(CN=C=O)C1.O=C=NCC1CCCC(CN=C=O)C1.O=C=NCc1cccc(CN=C=O)c1. The highest BCUT2D eigenvalue weighted by atomic mass is 16.1. The maximum atomic E-state index is 10.3. The van der Waals surface area contributed by atoms with Gasteiger partial charge in [-0.1, -0.05) is 51.5 Å². The molecule has 12 heteroatoms. The first kappa shape index (κ1) is 37.5. The molecule has 1 aromatic rings. The molecule has 2 aliphatic rings. The van der Waals surface area contributed by atoms with E-state index in [0.717, 1.165) is 56.1 Å². The van der Waals surface area contributed by atoms with Gasteiger partial charge in [-0.3, -0.25) is 0 Å². The topological polar surface area (TPSA) is 177 Å². The molecule has 2 aliphatic carbocycles. The molecule has 4 atom stereocenters. The number of aliphatic imine (C=N–C) groups is 6. The van der Waals surface area contributed by atoms with Gasteiger partial charge in [-0.2, -0.15) is 0 Å². The Morgan fingerprint density at radius 1 is 0.705 bits per heavy atom. The van der Waals surface area contributed by atoms with Crippen LogP contribution in [0.1, 0.15) is 76.8 Å². The van der Waals surface area contributed by atoms with E-state index in [1.54, 1.807) is 24.3 Å². The van der Waals surface area contributed by atoms with Crippen molar-refractivity contribution in [1.29, 1.82) is 0 Å². The van der Waals surface area contributed by atoms with Gasteiger partial charge in [0.1, 0.15) is 0 Å². The molecule has 0 aromatic heterocycles. The molecule has 0 radical (unpaired) electrons. The molecule has 44 heavy (non-hydrogen) atoms. The van der Waals surface area contributed by atoms with Gasteiger partial charge in [0.25, 0.3) is 0 Å². The van der Waals surface area contributed by atoms with Crippen molar-refractivity contribution in [2.24, 2.45) is 52.6 Å². The average molecular weight is 605 g/mol. The number of nitrogens with zero attached hydrogens (tertiary/aromatic N) is 6. The second-order valence-electron chi connectivity index (χ2n) is 12.2. The van der Waals surface area contributed by atoms with Crippen molar-refractivity contribution in [3.8, 4) is 0 Å². The number of rotatable bonds is 11. The summed E-state index contributed by atoms with van der Waals surface area (Å²) in [7, 11) is 0. The number of benzene rings is 1. The lowest BCUT2D eigenvalue weighted by molar-refractivity contribution is 0.0915. The lowest BCUT2D eigenvalue weighted by atomic mass is 9.63. The van der Waals surface area contributed by atoms with E-state index in [1.165, 1.54) is 12.2 Å². The lowest BCUT2D eigenvalue weighted by Gasteiger charge is -2.44. The molecule has 3 rings (SSSR count). The van der Waals surface area contributed by atoms with Crippen LogP contribution >= 0.6 is 0 Å². The number of hydrogen-bond donors (Lipinski definition) is 0. The first-order valence-corrected chi connectivity index (χ1v) is 14.5. The molecular weight excluding hydrogens is 564 g/mol. The Balaban J connectivity index is 0.000000331. The molecule has 12 nitrogen and oxygen atoms in total. The maximum absolute atomic E-state index is 10.3. The third kappa shape index (κ3) is 16.2. The van der Waals surface area contributed by atoms with Crippen LogP contribution in [0.3, 0.4) is 0 Å². The highest BCUT2D eigenvalue weighted by Crippen LogP contribution is 2.47. The molecule has 0 saturated heterocycles. The molecule has 0 amide bonds. The summed E-state index contributed by atoms with van der Waals surface area (Å²) in [5, 5.41) is 0. The highest BCUT2D eigenvalue weighted by Gasteiger charge is 2.41. The monoisotopic (exact) mass is 604 g/mol. The summed E-state index contributed by atoms with van der Waals surface area (Å²) in [6, 6.07) is 7.35. The van der Waals surface area contributed by atoms with Crippen molar-refractivity contribution < 1.29 is 28.8 Å². The summed E-state index contributed by atoms with van der Waals surface area (Å²) in [4.78, 5) is 81.8. The van der Waals surface area contributed by atoms with Gasteiger partial charge in [-0.15, -0.1) is 0 Å². The quantitative estimate of drug-likeness (QED) is 0.252. The van der Waals surface area contributed by atoms with E-state index in [1.807, 2.05) is 24.3 Å². The van der Waals surface area contributed by atoms with Gasteiger partial charge in [0.15, 0.2) is 0 Å². The van der Waals surface area contributed by atoms with Crippen molar-refractivity contribution in [3.05, 3.63) is 35.4 Å². The third-order valence-electron chi connectivity index (χ3n) is 7.55. The van der Waals surface area contributed by atoms with Crippen LogP contribution in [0.4, 0.5) is 0 Å². The Labute approximate surface area is 257 Å². The van der Waals surface area contributed by atoms with Crippen molar-refractivity contribution >= 4 is 36.5 Å². The normalized spacial score (nSPS) is 22.8. The van der Waals surface area contributed by atoms with Gasteiger partial charge in [-0.05, 0) is 72.3 Å². The van der Waals surface area contributed by atoms with Crippen LogP contribution < -0.4 is 0 Å². The van der Waals surface area contributed by atoms with Gasteiger partial charge in [-0.25, -0.2) is 58.7 Å². The van der Waals surface area contributed by atoms with E-state index in [4.69, 9.17) is 0 Å². The molecule has 4 unspecified atom stereocenters. The van der Waals surface area contributed by atoms with Crippen LogP contribution in [0.2, 0.25) is 0 Å². The van der Waals surface area contributed by atoms with Gasteiger partial charge < -0.3 is 0 Å². The minimum absolute atomic E-state index is 0.00750. The molecule has 0 heterocycles. The Morgan fingerprint density at radius 3 is 1.70 bits per heavy atom. The zero-order valence-electron chi connectivity index (χ0n) is 25.7. The van der Waals surface area contributed by atoms with Crippen LogP contribution in [0.5, 0.6) is 0 Å². The van der Waals surface area contributed by atoms with Gasteiger partial charge in [0, 0.05) is 0 Å². The third-order valence-corrected chi connectivity index (χ3v) is 7.55. The second-order valence-corrected chi connectivity index (χ2v) is 12.2. The molecular formula is C32H40N6O6. The van der Waals surface area contributed by atoms with Gasteiger partial charge in [0.2, 0.25) is 36.5 Å². The molecule has 0 spiro atoms. The molecule has 0 N–H and O–H groups in total. The zero-order chi connectivity index (χ0) is 32.7. The largest absolute Gasteiger partial charge is 0.235 e. The molecule has 0 aliphatic heterocycles. The summed E-state index contributed by atoms with van der Waals surface area (Å²) < 4.78 is 0. The van der Waals surface area contributed by atoms with E-state index >= 15 is 0 Å².